The lowest BCUT2D eigenvalue weighted by Crippen LogP contribution is -2.40. The summed E-state index contributed by atoms with van der Waals surface area (Å²) >= 11 is 0. The van der Waals surface area contributed by atoms with Crippen molar-refractivity contribution in [1.82, 2.24) is 9.97 Å². The summed E-state index contributed by atoms with van der Waals surface area (Å²) in [5, 5.41) is 9.42. The smallest absolute Gasteiger partial charge is 0.253 e. The van der Waals surface area contributed by atoms with E-state index < -0.39 is 31.6 Å². The lowest BCUT2D eigenvalue weighted by atomic mass is 10.1. The summed E-state index contributed by atoms with van der Waals surface area (Å²) in [7, 11) is -8.98. The molecule has 0 aliphatic rings. The highest BCUT2D eigenvalue weighted by atomic mass is 32.3. The molecule has 4 aromatic carbocycles. The molecule has 1 heterocycles. The molecular weight excluding hydrogens is 571 g/mol. The SMILES string of the molecule is O=S(=O)(Cc1ccccc1)N(c1ncc(-c2ccc(CO)cc2)nc1Cc1ccccc1)S(=O)(=O)Cc1ccccc1. The van der Waals surface area contributed by atoms with Crippen LogP contribution in [0.3, 0.4) is 0 Å². The van der Waals surface area contributed by atoms with E-state index in [2.05, 4.69) is 4.98 Å². The largest absolute Gasteiger partial charge is 0.392 e. The van der Waals surface area contributed by atoms with Crippen LogP contribution in [0.25, 0.3) is 11.3 Å². The fraction of sp³-hybridized carbons (Fsp3) is 0.125. The molecule has 1 N–H and O–H groups in total. The first-order valence-corrected chi connectivity index (χ1v) is 16.4. The van der Waals surface area contributed by atoms with E-state index in [9.17, 15) is 21.9 Å². The Morgan fingerprint density at radius 1 is 0.595 bits per heavy atom. The highest BCUT2D eigenvalue weighted by molar-refractivity contribution is 8.09. The average Bonchev–Trinajstić information content (AvgIpc) is 2.99. The van der Waals surface area contributed by atoms with Crippen molar-refractivity contribution in [2.45, 2.75) is 24.5 Å². The van der Waals surface area contributed by atoms with E-state index in [1.54, 1.807) is 84.9 Å². The average molecular weight is 600 g/mol. The van der Waals surface area contributed by atoms with Gasteiger partial charge in [-0.25, -0.2) is 26.8 Å². The first-order valence-electron chi connectivity index (χ1n) is 13.2. The molecule has 0 saturated carbocycles. The molecule has 1 aromatic heterocycles. The van der Waals surface area contributed by atoms with Crippen LogP contribution in [0, 0.1) is 0 Å². The van der Waals surface area contributed by atoms with E-state index in [1.165, 1.54) is 6.20 Å². The van der Waals surface area contributed by atoms with Crippen molar-refractivity contribution in [3.05, 3.63) is 149 Å². The van der Waals surface area contributed by atoms with Crippen LogP contribution >= 0.6 is 0 Å². The molecule has 0 bridgehead atoms. The number of aliphatic hydroxyl groups excluding tert-OH is 1. The Morgan fingerprint density at radius 3 is 1.55 bits per heavy atom. The predicted octanol–water partition coefficient (Wildman–Crippen LogP) is 5.09. The number of aliphatic hydroxyl groups is 1. The van der Waals surface area contributed by atoms with Gasteiger partial charge in [0.15, 0.2) is 5.82 Å². The molecule has 0 fully saturated rings. The second-order valence-corrected chi connectivity index (χ2v) is 13.6. The van der Waals surface area contributed by atoms with E-state index in [0.717, 1.165) is 11.1 Å². The molecule has 0 amide bonds. The zero-order chi connectivity index (χ0) is 29.6. The van der Waals surface area contributed by atoms with Gasteiger partial charge >= 0.3 is 0 Å². The molecule has 42 heavy (non-hydrogen) atoms. The van der Waals surface area contributed by atoms with Gasteiger partial charge in [-0.05, 0) is 22.3 Å². The first kappa shape index (κ1) is 29.1. The van der Waals surface area contributed by atoms with E-state index in [0.29, 0.717) is 26.1 Å². The molecule has 0 saturated heterocycles. The summed E-state index contributed by atoms with van der Waals surface area (Å²) in [6.45, 7) is -0.113. The minimum Gasteiger partial charge on any atom is -0.392 e. The van der Waals surface area contributed by atoms with Crippen molar-refractivity contribution >= 4 is 25.9 Å². The number of aromatic nitrogens is 2. The van der Waals surface area contributed by atoms with E-state index >= 15 is 0 Å². The standard InChI is InChI=1S/C32H29N3O5S2/c36-22-26-16-18-29(19-17-26)31-21-33-32(30(34-31)20-25-10-4-1-5-11-25)35(41(37,38)23-27-12-6-2-7-13-27)42(39,40)24-28-14-8-3-9-15-28/h1-19,21,36H,20,22-24H2. The predicted molar refractivity (Wildman–Crippen MR) is 163 cm³/mol. The quantitative estimate of drug-likeness (QED) is 0.225. The Balaban J connectivity index is 1.67. The number of rotatable bonds is 11. The van der Waals surface area contributed by atoms with Crippen LogP contribution in [0.1, 0.15) is 27.9 Å². The highest BCUT2D eigenvalue weighted by Crippen LogP contribution is 2.31. The Hall–Kier alpha value is -4.38. The molecule has 0 aliphatic carbocycles. The van der Waals surface area contributed by atoms with Crippen molar-refractivity contribution in [2.24, 2.45) is 0 Å². The summed E-state index contributed by atoms with van der Waals surface area (Å²) < 4.78 is 56.6. The summed E-state index contributed by atoms with van der Waals surface area (Å²) in [6, 6.07) is 33.2. The van der Waals surface area contributed by atoms with Crippen molar-refractivity contribution < 1.29 is 21.9 Å². The Labute approximate surface area is 246 Å². The maximum atomic E-state index is 14.0. The zero-order valence-electron chi connectivity index (χ0n) is 22.6. The summed E-state index contributed by atoms with van der Waals surface area (Å²) in [5.41, 5.74) is 3.73. The van der Waals surface area contributed by atoms with Gasteiger partial charge in [-0.1, -0.05) is 115 Å². The molecule has 5 rings (SSSR count). The van der Waals surface area contributed by atoms with Gasteiger partial charge in [-0.3, -0.25) is 0 Å². The number of nitrogens with zero attached hydrogens (tertiary/aromatic N) is 3. The van der Waals surface area contributed by atoms with Crippen LogP contribution in [0.5, 0.6) is 0 Å². The highest BCUT2D eigenvalue weighted by Gasteiger charge is 2.37. The molecule has 5 aromatic rings. The minimum atomic E-state index is -4.49. The normalized spacial score (nSPS) is 11.7. The van der Waals surface area contributed by atoms with Gasteiger partial charge in [0.05, 0.1) is 35.7 Å². The third-order valence-electron chi connectivity index (χ3n) is 6.53. The molecule has 214 valence electrons. The summed E-state index contributed by atoms with van der Waals surface area (Å²) in [4.78, 5) is 9.23. The van der Waals surface area contributed by atoms with Crippen molar-refractivity contribution in [2.75, 3.05) is 3.71 Å². The Kier molecular flexibility index (Phi) is 8.77. The molecule has 0 atom stereocenters. The topological polar surface area (TPSA) is 118 Å². The van der Waals surface area contributed by atoms with Gasteiger partial charge in [0.25, 0.3) is 20.0 Å². The van der Waals surface area contributed by atoms with Crippen LogP contribution in [-0.4, -0.2) is 31.9 Å². The van der Waals surface area contributed by atoms with Gasteiger partial charge in [0, 0.05) is 12.0 Å². The van der Waals surface area contributed by atoms with Crippen LogP contribution < -0.4 is 3.71 Å². The van der Waals surface area contributed by atoms with E-state index in [-0.39, 0.29) is 24.5 Å². The van der Waals surface area contributed by atoms with Gasteiger partial charge in [0.1, 0.15) is 0 Å². The van der Waals surface area contributed by atoms with E-state index in [1.807, 2.05) is 30.3 Å². The number of benzene rings is 4. The van der Waals surface area contributed by atoms with Crippen molar-refractivity contribution in [3.8, 4) is 11.3 Å². The number of anilines is 1. The fourth-order valence-electron chi connectivity index (χ4n) is 4.52. The van der Waals surface area contributed by atoms with Crippen molar-refractivity contribution in [3.63, 3.8) is 0 Å². The van der Waals surface area contributed by atoms with Gasteiger partial charge < -0.3 is 5.11 Å². The second-order valence-electron chi connectivity index (χ2n) is 9.72. The Bertz CT molecular complexity index is 1780. The van der Waals surface area contributed by atoms with Crippen LogP contribution in [0.15, 0.2) is 121 Å². The lowest BCUT2D eigenvalue weighted by Gasteiger charge is -2.25. The fourth-order valence-corrected chi connectivity index (χ4v) is 8.52. The monoisotopic (exact) mass is 599 g/mol. The van der Waals surface area contributed by atoms with E-state index in [4.69, 9.17) is 4.98 Å². The van der Waals surface area contributed by atoms with Gasteiger partial charge in [-0.15, -0.1) is 3.71 Å². The van der Waals surface area contributed by atoms with Crippen molar-refractivity contribution in [1.29, 1.82) is 0 Å². The maximum absolute atomic E-state index is 14.0. The van der Waals surface area contributed by atoms with Gasteiger partial charge in [-0.2, -0.15) is 0 Å². The third-order valence-corrected chi connectivity index (χ3v) is 10.6. The molecule has 10 heteroatoms. The summed E-state index contributed by atoms with van der Waals surface area (Å²) in [6.07, 6.45) is 1.52. The van der Waals surface area contributed by atoms with Crippen LogP contribution in [-0.2, 0) is 44.6 Å². The number of sulfonamides is 2. The molecule has 0 aliphatic heterocycles. The molecular formula is C32H29N3O5S2. The first-order chi connectivity index (χ1) is 20.2. The number of hydrogen-bond acceptors (Lipinski definition) is 7. The number of hydrogen-bond donors (Lipinski definition) is 1. The molecule has 0 unspecified atom stereocenters. The lowest BCUT2D eigenvalue weighted by molar-refractivity contribution is 0.282. The minimum absolute atomic E-state index is 0.113. The van der Waals surface area contributed by atoms with Crippen LogP contribution in [0.2, 0.25) is 0 Å². The molecule has 0 radical (unpaired) electrons. The zero-order valence-corrected chi connectivity index (χ0v) is 24.2. The van der Waals surface area contributed by atoms with Gasteiger partial charge in [0.2, 0.25) is 0 Å². The Morgan fingerprint density at radius 2 is 1.07 bits per heavy atom. The summed E-state index contributed by atoms with van der Waals surface area (Å²) in [5.74, 6) is -1.35. The third kappa shape index (κ3) is 6.91. The molecule has 0 spiro atoms. The van der Waals surface area contributed by atoms with Crippen LogP contribution in [0.4, 0.5) is 5.82 Å². The second kappa shape index (κ2) is 12.6. The maximum Gasteiger partial charge on any atom is 0.253 e. The molecule has 8 nitrogen and oxygen atoms in total.